The summed E-state index contributed by atoms with van der Waals surface area (Å²) in [6.45, 7) is 11.4. The van der Waals surface area contributed by atoms with Crippen LogP contribution in [0.1, 0.15) is 164 Å². The standard InChI is InChI=1S/C68H86N8O11S2/c1-45(2)63(82)73-66-72-62-61(65(84)74-66)71-52(41-69-62)42-75(47(4)77)53-30-24-48(25-31-53)64(83)70-46(3)23-32-56(79)21-16-11-9-10-15-20-55(78)22-17-39-88-89-67(5,6)38-37-60(81)76-43-57(80)40-54(76)44-87-68(49-18-13-12-14-19-49,50-26-33-58(85-7)34-27-50)51-28-35-59(86-8)36-29-51/h12-14,18-19,24-31,33-36,41,45-46,54,57,80H,9-11,15-17,20-23,32,37-40,42-44H2,1-8H3,(H,70,83)(H2,69,72,73,74,82,84)/t46-,54+,57-/m1/s1. The third-order valence-electron chi connectivity index (χ3n) is 15.8. The van der Waals surface area contributed by atoms with Gasteiger partial charge in [-0.2, -0.15) is 4.98 Å². The Morgan fingerprint density at radius 1 is 0.764 bits per heavy atom. The fraction of sp³-hybridized carbons (Fsp3) is 0.471. The third kappa shape index (κ3) is 20.0. The molecule has 19 nitrogen and oxygen atoms in total. The lowest BCUT2D eigenvalue weighted by atomic mass is 9.80. The van der Waals surface area contributed by atoms with E-state index in [9.17, 15) is 38.7 Å². The van der Waals surface area contributed by atoms with E-state index in [4.69, 9.17) is 14.2 Å². The largest absolute Gasteiger partial charge is 0.497 e. The first-order valence-electron chi connectivity index (χ1n) is 30.7. The minimum Gasteiger partial charge on any atom is -0.497 e. The first-order valence-corrected chi connectivity index (χ1v) is 33.1. The smallest absolute Gasteiger partial charge is 0.280 e. The van der Waals surface area contributed by atoms with Crippen LogP contribution < -0.4 is 30.6 Å². The molecule has 1 fully saturated rings. The van der Waals surface area contributed by atoms with Gasteiger partial charge in [0.1, 0.15) is 28.7 Å². The molecule has 21 heteroatoms. The SMILES string of the molecule is COc1ccc(C(OC[C@@H]2C[C@@H](O)CN2C(=O)CCC(C)(C)SSCCCC(=O)CCCCCCCC(=O)CC[C@@H](C)NC(=O)c2ccc(N(Cc3cnc4nc(NC(=O)C(C)C)[nH]c(=O)c4n3)C(C)=O)cc2)(c2ccccc2)c2ccc(OC)cc2)cc1. The van der Waals surface area contributed by atoms with E-state index in [1.807, 2.05) is 85.8 Å². The number of likely N-dealkylation sites (tertiary alicyclic amines) is 1. The van der Waals surface area contributed by atoms with E-state index in [2.05, 4.69) is 44.4 Å². The first-order chi connectivity index (χ1) is 42.7. The van der Waals surface area contributed by atoms with Crippen molar-refractivity contribution in [1.82, 2.24) is 30.2 Å². The number of hydrogen-bond acceptors (Lipinski definition) is 16. The highest BCUT2D eigenvalue weighted by Gasteiger charge is 2.42. The number of nitrogens with one attached hydrogen (secondary N) is 3. The van der Waals surface area contributed by atoms with Crippen molar-refractivity contribution in [3.63, 3.8) is 0 Å². The number of Topliss-reactive ketones (excluding diaryl/α,β-unsaturated/α-hetero) is 2. The number of aliphatic hydroxyl groups is 1. The zero-order valence-corrected chi connectivity index (χ0v) is 54.1. The van der Waals surface area contributed by atoms with Gasteiger partial charge in [0.15, 0.2) is 11.2 Å². The number of β-amino-alcohol motifs (C(OH)–C–C–N with tert-alkyl or cyclic N) is 1. The van der Waals surface area contributed by atoms with Gasteiger partial charge in [-0.1, -0.05) is 109 Å². The molecule has 0 saturated carbocycles. The van der Waals surface area contributed by atoms with Crippen molar-refractivity contribution < 1.29 is 48.1 Å². The Kier molecular flexibility index (Phi) is 25.9. The molecular weight excluding hydrogens is 1170 g/mol. The zero-order chi connectivity index (χ0) is 64.1. The van der Waals surface area contributed by atoms with Gasteiger partial charge in [0.2, 0.25) is 23.7 Å². The molecule has 0 spiro atoms. The molecule has 4 aromatic carbocycles. The number of nitrogens with zero attached hydrogens (tertiary/aromatic N) is 5. The van der Waals surface area contributed by atoms with Crippen LogP contribution in [0.15, 0.2) is 114 Å². The minimum atomic E-state index is -1.05. The van der Waals surface area contributed by atoms with Crippen molar-refractivity contribution in [2.45, 2.75) is 167 Å². The van der Waals surface area contributed by atoms with Crippen molar-refractivity contribution in [1.29, 1.82) is 0 Å². The average Bonchev–Trinajstić information content (AvgIpc) is 2.47. The normalized spacial score (nSPS) is 14.6. The first kappa shape index (κ1) is 69.0. The van der Waals surface area contributed by atoms with Crippen LogP contribution in [0, 0.1) is 5.92 Å². The van der Waals surface area contributed by atoms with Crippen molar-refractivity contribution in [3.8, 4) is 11.5 Å². The number of aliphatic hydroxyl groups excluding tert-OH is 1. The van der Waals surface area contributed by atoms with Gasteiger partial charge in [-0.3, -0.25) is 43.9 Å². The summed E-state index contributed by atoms with van der Waals surface area (Å²) in [6.07, 6.45) is 9.75. The Morgan fingerprint density at radius 2 is 1.36 bits per heavy atom. The van der Waals surface area contributed by atoms with Gasteiger partial charge in [0.25, 0.3) is 11.5 Å². The van der Waals surface area contributed by atoms with Crippen LogP contribution in [-0.4, -0.2) is 121 Å². The molecule has 1 saturated heterocycles. The second-order valence-electron chi connectivity index (χ2n) is 23.7. The van der Waals surface area contributed by atoms with Gasteiger partial charge >= 0.3 is 0 Å². The Hall–Kier alpha value is -7.46. The van der Waals surface area contributed by atoms with Gasteiger partial charge in [-0.25, -0.2) is 9.97 Å². The van der Waals surface area contributed by atoms with Crippen molar-refractivity contribution in [2.24, 2.45) is 5.92 Å². The van der Waals surface area contributed by atoms with E-state index < -0.39 is 17.3 Å². The molecule has 476 valence electrons. The summed E-state index contributed by atoms with van der Waals surface area (Å²) in [5.74, 6) is 1.39. The summed E-state index contributed by atoms with van der Waals surface area (Å²) in [6, 6.07) is 31.7. The maximum absolute atomic E-state index is 14.0. The molecule has 0 unspecified atom stereocenters. The number of carbonyl (C=O) groups is 6. The molecule has 7 rings (SSSR count). The highest BCUT2D eigenvalue weighted by atomic mass is 33.1. The van der Waals surface area contributed by atoms with E-state index in [1.165, 1.54) is 18.0 Å². The monoisotopic (exact) mass is 1250 g/mol. The number of amides is 4. The van der Waals surface area contributed by atoms with Crippen LogP contribution in [0.4, 0.5) is 11.6 Å². The van der Waals surface area contributed by atoms with Gasteiger partial charge in [0, 0.05) is 79.3 Å². The molecule has 2 aromatic heterocycles. The highest BCUT2D eigenvalue weighted by Crippen LogP contribution is 2.43. The lowest BCUT2D eigenvalue weighted by molar-refractivity contribution is -0.134. The van der Waals surface area contributed by atoms with Gasteiger partial charge < -0.3 is 34.4 Å². The number of aromatic amines is 1. The molecule has 0 radical (unpaired) electrons. The lowest BCUT2D eigenvalue weighted by Gasteiger charge is -2.38. The second-order valence-corrected chi connectivity index (χ2v) is 26.8. The Bertz CT molecular complexity index is 3340. The van der Waals surface area contributed by atoms with E-state index >= 15 is 0 Å². The summed E-state index contributed by atoms with van der Waals surface area (Å²) in [7, 11) is 6.75. The van der Waals surface area contributed by atoms with E-state index in [0.717, 1.165) is 72.5 Å². The second kappa shape index (κ2) is 33.4. The van der Waals surface area contributed by atoms with Crippen molar-refractivity contribution in [2.75, 3.05) is 43.3 Å². The highest BCUT2D eigenvalue weighted by molar-refractivity contribution is 8.77. The summed E-state index contributed by atoms with van der Waals surface area (Å²) in [5, 5.41) is 16.5. The molecule has 0 bridgehead atoms. The summed E-state index contributed by atoms with van der Waals surface area (Å²) >= 11 is 0. The summed E-state index contributed by atoms with van der Waals surface area (Å²) in [4.78, 5) is 109. The number of benzene rings is 4. The predicted octanol–water partition coefficient (Wildman–Crippen LogP) is 11.3. The molecule has 89 heavy (non-hydrogen) atoms. The predicted molar refractivity (Wildman–Crippen MR) is 350 cm³/mol. The number of anilines is 2. The summed E-state index contributed by atoms with van der Waals surface area (Å²) in [5.41, 5.74) is 2.26. The molecule has 0 aliphatic carbocycles. The van der Waals surface area contributed by atoms with E-state index in [1.54, 1.807) is 78.8 Å². The van der Waals surface area contributed by atoms with Gasteiger partial charge in [0.05, 0.1) is 51.4 Å². The quantitative estimate of drug-likeness (QED) is 0.0164. The van der Waals surface area contributed by atoms with E-state index in [-0.39, 0.29) is 94.8 Å². The van der Waals surface area contributed by atoms with Crippen LogP contribution in [0.3, 0.4) is 0 Å². The van der Waals surface area contributed by atoms with E-state index in [0.29, 0.717) is 68.3 Å². The van der Waals surface area contributed by atoms with Gasteiger partial charge in [-0.15, -0.1) is 0 Å². The minimum absolute atomic E-state index is 0.00810. The fourth-order valence-corrected chi connectivity index (χ4v) is 13.3. The molecule has 3 heterocycles. The molecular formula is C68H86N8O11S2. The van der Waals surface area contributed by atoms with Crippen LogP contribution in [0.25, 0.3) is 11.2 Å². The fourth-order valence-electron chi connectivity index (χ4n) is 10.6. The topological polar surface area (TPSA) is 252 Å². The Morgan fingerprint density at radius 3 is 1.97 bits per heavy atom. The number of methoxy groups -OCH3 is 2. The van der Waals surface area contributed by atoms with Crippen LogP contribution in [-0.2, 0) is 40.9 Å². The number of rotatable bonds is 35. The Labute approximate surface area is 530 Å². The van der Waals surface area contributed by atoms with Crippen LogP contribution >= 0.6 is 21.6 Å². The number of ketones is 2. The number of unbranched alkanes of at least 4 members (excludes halogenated alkanes) is 4. The van der Waals surface area contributed by atoms with Crippen LogP contribution in [0.2, 0.25) is 0 Å². The molecule has 3 atom stereocenters. The average molecular weight is 1260 g/mol. The zero-order valence-electron chi connectivity index (χ0n) is 52.5. The van der Waals surface area contributed by atoms with Crippen molar-refractivity contribution in [3.05, 3.63) is 148 Å². The van der Waals surface area contributed by atoms with Crippen LogP contribution in [0.5, 0.6) is 11.5 Å². The summed E-state index contributed by atoms with van der Waals surface area (Å²) < 4.78 is 18.0. The Balaban J connectivity index is 0.742. The van der Waals surface area contributed by atoms with Crippen molar-refractivity contribution >= 4 is 79.6 Å². The number of ether oxygens (including phenoxy) is 3. The molecule has 4 amide bonds. The molecule has 1 aliphatic heterocycles. The van der Waals surface area contributed by atoms with Gasteiger partial charge in [-0.05, 0) is 125 Å². The third-order valence-corrected chi connectivity index (χ3v) is 19.2. The molecule has 4 N–H and O–H groups in total. The maximum Gasteiger partial charge on any atom is 0.280 e. The number of fused-ring (bicyclic) bond motifs is 1. The maximum atomic E-state index is 14.0. The number of aromatic nitrogens is 4. The number of carbonyl (C=O) groups excluding carboxylic acids is 6. The molecule has 6 aromatic rings. The number of H-pyrrole nitrogens is 1. The molecule has 1 aliphatic rings. The number of hydrogen-bond donors (Lipinski definition) is 4. The lowest BCUT2D eigenvalue weighted by Crippen LogP contribution is -2.42.